The van der Waals surface area contributed by atoms with Crippen LogP contribution in [0.4, 0.5) is 0 Å². The average molecular weight is 713 g/mol. The van der Waals surface area contributed by atoms with Gasteiger partial charge in [-0.05, 0) is 116 Å². The topological polar surface area (TPSA) is 9.86 Å². The fourth-order valence-corrected chi connectivity index (χ4v) is 9.60. The summed E-state index contributed by atoms with van der Waals surface area (Å²) in [6.07, 6.45) is 9.14. The van der Waals surface area contributed by atoms with Crippen LogP contribution in [-0.4, -0.2) is 9.13 Å². The van der Waals surface area contributed by atoms with Gasteiger partial charge in [-0.25, -0.2) is 0 Å². The van der Waals surface area contributed by atoms with Crippen molar-refractivity contribution in [2.24, 2.45) is 0 Å². The first kappa shape index (κ1) is 31.2. The maximum Gasteiger partial charge on any atom is 0.0541 e. The predicted molar refractivity (Wildman–Crippen MR) is 239 cm³/mol. The smallest absolute Gasteiger partial charge is 0.0541 e. The third kappa shape index (κ3) is 4.56. The fraction of sp³-hybridized carbons (Fsp3) is 0.0370. The number of benzene rings is 9. The highest BCUT2D eigenvalue weighted by Crippen LogP contribution is 2.41. The van der Waals surface area contributed by atoms with Crippen molar-refractivity contribution in [3.05, 3.63) is 200 Å². The Bertz CT molecular complexity index is 3440. The summed E-state index contributed by atoms with van der Waals surface area (Å²) >= 11 is 0. The van der Waals surface area contributed by atoms with E-state index in [4.69, 9.17) is 0 Å². The molecule has 0 saturated heterocycles. The molecule has 2 heteroatoms. The second kappa shape index (κ2) is 12.2. The highest BCUT2D eigenvalue weighted by atomic mass is 15.0. The molecular weight excluding hydrogens is 677 g/mol. The van der Waals surface area contributed by atoms with E-state index in [9.17, 15) is 0 Å². The lowest BCUT2D eigenvalue weighted by atomic mass is 9.94. The van der Waals surface area contributed by atoms with Crippen LogP contribution in [-0.2, 0) is 0 Å². The zero-order valence-corrected chi connectivity index (χ0v) is 30.8. The lowest BCUT2D eigenvalue weighted by Crippen LogP contribution is -1.99. The van der Waals surface area contributed by atoms with Gasteiger partial charge in [0.25, 0.3) is 0 Å². The molecule has 0 radical (unpaired) electrons. The summed E-state index contributed by atoms with van der Waals surface area (Å²) in [6.45, 7) is 0. The van der Waals surface area contributed by atoms with Gasteiger partial charge in [0.1, 0.15) is 0 Å². The summed E-state index contributed by atoms with van der Waals surface area (Å²) < 4.78 is 4.91. The minimum atomic E-state index is 1.08. The molecule has 2 heterocycles. The SMILES string of the molecule is C1=CC(c2ccccc2-n2c3ccccc3c3cc(-c4ccc5c(c4)c4ccccc4n5-c4ccc5c6ccccc6c6ccccc6c5c4)ccc32)=CCC1. The first-order chi connectivity index (χ1) is 27.8. The molecule has 0 unspecified atom stereocenters. The molecule has 0 atom stereocenters. The number of hydrogen-bond donors (Lipinski definition) is 0. The van der Waals surface area contributed by atoms with Crippen molar-refractivity contribution in [3.63, 3.8) is 0 Å². The molecule has 0 N–H and O–H groups in total. The fourth-order valence-electron chi connectivity index (χ4n) is 9.60. The monoisotopic (exact) mass is 712 g/mol. The van der Waals surface area contributed by atoms with E-state index in [1.807, 2.05) is 0 Å². The molecule has 12 rings (SSSR count). The van der Waals surface area contributed by atoms with Gasteiger partial charge in [-0.15, -0.1) is 0 Å². The maximum absolute atomic E-state index is 2.46. The van der Waals surface area contributed by atoms with Gasteiger partial charge in [0.05, 0.1) is 27.8 Å². The van der Waals surface area contributed by atoms with Crippen molar-refractivity contribution >= 4 is 81.5 Å². The first-order valence-electron chi connectivity index (χ1n) is 19.7. The van der Waals surface area contributed by atoms with Gasteiger partial charge in [0.2, 0.25) is 0 Å². The predicted octanol–water partition coefficient (Wildman–Crippen LogP) is 14.7. The summed E-state index contributed by atoms with van der Waals surface area (Å²) in [5, 5.41) is 12.8. The lowest BCUT2D eigenvalue weighted by molar-refractivity contribution is 1.04. The molecule has 0 aliphatic heterocycles. The van der Waals surface area contributed by atoms with E-state index in [0.717, 1.165) is 12.8 Å². The Morgan fingerprint density at radius 1 is 0.339 bits per heavy atom. The third-order valence-corrected chi connectivity index (χ3v) is 12.1. The minimum Gasteiger partial charge on any atom is -0.309 e. The molecule has 56 heavy (non-hydrogen) atoms. The molecular formula is C54H36N2. The molecule has 0 bridgehead atoms. The Kier molecular flexibility index (Phi) is 6.79. The Balaban J connectivity index is 1.04. The average Bonchev–Trinajstić information content (AvgIpc) is 3.79. The van der Waals surface area contributed by atoms with Crippen molar-refractivity contribution in [1.29, 1.82) is 0 Å². The number of nitrogens with zero attached hydrogens (tertiary/aromatic N) is 2. The Hall–Kier alpha value is -7.16. The third-order valence-electron chi connectivity index (χ3n) is 12.1. The Morgan fingerprint density at radius 2 is 0.839 bits per heavy atom. The van der Waals surface area contributed by atoms with Crippen LogP contribution < -0.4 is 0 Å². The van der Waals surface area contributed by atoms with E-state index >= 15 is 0 Å². The molecule has 11 aromatic rings. The van der Waals surface area contributed by atoms with Crippen LogP contribution >= 0.6 is 0 Å². The second-order valence-electron chi connectivity index (χ2n) is 15.1. The molecule has 1 aliphatic carbocycles. The van der Waals surface area contributed by atoms with Crippen molar-refractivity contribution in [2.45, 2.75) is 12.8 Å². The Morgan fingerprint density at radius 3 is 1.46 bits per heavy atom. The molecule has 0 saturated carbocycles. The Labute approximate surface area is 324 Å². The number of fused-ring (bicyclic) bond motifs is 12. The van der Waals surface area contributed by atoms with Crippen LogP contribution in [0.3, 0.4) is 0 Å². The minimum absolute atomic E-state index is 1.08. The number of rotatable bonds is 4. The van der Waals surface area contributed by atoms with Gasteiger partial charge in [-0.1, -0.05) is 140 Å². The summed E-state index contributed by atoms with van der Waals surface area (Å²) in [7, 11) is 0. The summed E-state index contributed by atoms with van der Waals surface area (Å²) in [5.41, 5.74) is 12.3. The van der Waals surface area contributed by atoms with Gasteiger partial charge >= 0.3 is 0 Å². The maximum atomic E-state index is 2.46. The standard InChI is InChI=1S/C54H36N2/c1-2-14-35(15-3-1)39-16-8-11-23-50(39)56-52-25-13-10-22-46(52)49-33-37(27-31-54(49)56)36-26-30-53-48(32-36)45-21-9-12-24-51(45)55(53)38-28-29-44-42-19-5-4-17-40(42)41-18-6-7-20-43(41)47(44)34-38/h2,4-34H,1,3H2. The second-order valence-corrected chi connectivity index (χ2v) is 15.1. The molecule has 2 aromatic heterocycles. The van der Waals surface area contributed by atoms with Crippen LogP contribution in [0, 0.1) is 0 Å². The van der Waals surface area contributed by atoms with Gasteiger partial charge in [-0.2, -0.15) is 0 Å². The summed E-state index contributed by atoms with van der Waals surface area (Å²) in [4.78, 5) is 0. The van der Waals surface area contributed by atoms with E-state index in [2.05, 4.69) is 203 Å². The molecule has 9 aromatic carbocycles. The lowest BCUT2D eigenvalue weighted by Gasteiger charge is -2.16. The number of aromatic nitrogens is 2. The van der Waals surface area contributed by atoms with Crippen molar-refractivity contribution < 1.29 is 0 Å². The van der Waals surface area contributed by atoms with Crippen LogP contribution in [0.1, 0.15) is 18.4 Å². The van der Waals surface area contributed by atoms with Crippen LogP contribution in [0.15, 0.2) is 194 Å². The van der Waals surface area contributed by atoms with Crippen LogP contribution in [0.25, 0.3) is 104 Å². The molecule has 1 aliphatic rings. The van der Waals surface area contributed by atoms with Gasteiger partial charge in [0, 0.05) is 32.8 Å². The molecule has 262 valence electrons. The first-order valence-corrected chi connectivity index (χ1v) is 19.7. The molecule has 0 spiro atoms. The summed E-state index contributed by atoms with van der Waals surface area (Å²) in [6, 6.07) is 65.3. The van der Waals surface area contributed by atoms with Crippen molar-refractivity contribution in [3.8, 4) is 22.5 Å². The summed E-state index contributed by atoms with van der Waals surface area (Å²) in [5.74, 6) is 0. The molecule has 2 nitrogen and oxygen atoms in total. The van der Waals surface area contributed by atoms with E-state index in [-0.39, 0.29) is 0 Å². The van der Waals surface area contributed by atoms with Gasteiger partial charge < -0.3 is 9.13 Å². The van der Waals surface area contributed by atoms with E-state index in [1.165, 1.54) is 110 Å². The van der Waals surface area contributed by atoms with E-state index < -0.39 is 0 Å². The zero-order valence-electron chi connectivity index (χ0n) is 30.8. The van der Waals surface area contributed by atoms with Crippen LogP contribution in [0.2, 0.25) is 0 Å². The largest absolute Gasteiger partial charge is 0.309 e. The zero-order chi connectivity index (χ0) is 36.7. The molecule has 0 fully saturated rings. The number of hydrogen-bond acceptors (Lipinski definition) is 0. The van der Waals surface area contributed by atoms with Crippen molar-refractivity contribution in [1.82, 2.24) is 9.13 Å². The quantitative estimate of drug-likeness (QED) is 0.161. The number of allylic oxidation sites excluding steroid dienone is 4. The number of para-hydroxylation sites is 3. The van der Waals surface area contributed by atoms with Gasteiger partial charge in [0.15, 0.2) is 0 Å². The van der Waals surface area contributed by atoms with Crippen LogP contribution in [0.5, 0.6) is 0 Å². The highest BCUT2D eigenvalue weighted by molar-refractivity contribution is 6.25. The normalized spacial score (nSPS) is 13.2. The van der Waals surface area contributed by atoms with Gasteiger partial charge in [-0.3, -0.25) is 0 Å². The van der Waals surface area contributed by atoms with E-state index in [0.29, 0.717) is 0 Å². The molecule has 0 amide bonds. The van der Waals surface area contributed by atoms with E-state index in [1.54, 1.807) is 0 Å². The highest BCUT2D eigenvalue weighted by Gasteiger charge is 2.19. The van der Waals surface area contributed by atoms with Crippen molar-refractivity contribution in [2.75, 3.05) is 0 Å².